The van der Waals surface area contributed by atoms with Gasteiger partial charge in [-0.3, -0.25) is 4.79 Å². The molecule has 1 saturated heterocycles. The summed E-state index contributed by atoms with van der Waals surface area (Å²) in [6.07, 6.45) is 1.85. The van der Waals surface area contributed by atoms with Crippen molar-refractivity contribution in [2.24, 2.45) is 5.41 Å². The summed E-state index contributed by atoms with van der Waals surface area (Å²) in [7, 11) is 0. The zero-order valence-corrected chi connectivity index (χ0v) is 10.7. The summed E-state index contributed by atoms with van der Waals surface area (Å²) in [6, 6.07) is 3.46. The molecule has 0 aromatic heterocycles. The van der Waals surface area contributed by atoms with Gasteiger partial charge in [-0.15, -0.1) is 0 Å². The lowest BCUT2D eigenvalue weighted by molar-refractivity contribution is 0.0627. The molecule has 1 amide bonds. The molecule has 0 bridgehead atoms. The summed E-state index contributed by atoms with van der Waals surface area (Å²) in [6.45, 7) is 5.66. The Hall–Kier alpha value is -1.58. The Balaban J connectivity index is 2.15. The van der Waals surface area contributed by atoms with Crippen molar-refractivity contribution in [3.05, 3.63) is 29.6 Å². The van der Waals surface area contributed by atoms with Crippen molar-refractivity contribution < 1.29 is 14.3 Å². The molecule has 0 spiro atoms. The molecule has 0 atom stereocenters. The van der Waals surface area contributed by atoms with Gasteiger partial charge in [0.1, 0.15) is 11.6 Å². The van der Waals surface area contributed by atoms with E-state index in [2.05, 4.69) is 13.8 Å². The van der Waals surface area contributed by atoms with Crippen molar-refractivity contribution >= 4 is 5.91 Å². The van der Waals surface area contributed by atoms with Crippen LogP contribution in [-0.4, -0.2) is 29.0 Å². The molecule has 0 unspecified atom stereocenters. The number of hydrogen-bond acceptors (Lipinski definition) is 2. The van der Waals surface area contributed by atoms with E-state index in [0.29, 0.717) is 13.1 Å². The normalized spacial score (nSPS) is 18.7. The van der Waals surface area contributed by atoms with Crippen LogP contribution in [-0.2, 0) is 0 Å². The quantitative estimate of drug-likeness (QED) is 0.833. The summed E-state index contributed by atoms with van der Waals surface area (Å²) >= 11 is 0. The molecule has 1 heterocycles. The first-order valence-corrected chi connectivity index (χ1v) is 6.17. The molecule has 3 nitrogen and oxygen atoms in total. The Morgan fingerprint density at radius 3 is 2.56 bits per heavy atom. The van der Waals surface area contributed by atoms with Crippen LogP contribution >= 0.6 is 0 Å². The van der Waals surface area contributed by atoms with Crippen molar-refractivity contribution in [2.75, 3.05) is 13.1 Å². The highest BCUT2D eigenvalue weighted by Gasteiger charge is 2.29. The molecule has 98 valence electrons. The number of hydrogen-bond donors (Lipinski definition) is 1. The Kier molecular flexibility index (Phi) is 3.28. The Morgan fingerprint density at radius 1 is 1.33 bits per heavy atom. The highest BCUT2D eigenvalue weighted by Crippen LogP contribution is 2.31. The number of benzene rings is 1. The monoisotopic (exact) mass is 251 g/mol. The van der Waals surface area contributed by atoms with Crippen molar-refractivity contribution in [3.8, 4) is 5.75 Å². The second-order valence-electron chi connectivity index (χ2n) is 5.62. The van der Waals surface area contributed by atoms with Crippen LogP contribution in [0.15, 0.2) is 18.2 Å². The topological polar surface area (TPSA) is 40.5 Å². The van der Waals surface area contributed by atoms with Crippen LogP contribution in [0.4, 0.5) is 4.39 Å². The standard InChI is InChI=1S/C14H18FNO2/c1-14(2)5-7-16(8-6-14)13(18)11-9-10(15)3-4-12(11)17/h3-4,9,17H,5-8H2,1-2H3. The lowest BCUT2D eigenvalue weighted by Crippen LogP contribution is -2.41. The second kappa shape index (κ2) is 4.59. The van der Waals surface area contributed by atoms with Gasteiger partial charge in [-0.05, 0) is 36.5 Å². The highest BCUT2D eigenvalue weighted by atomic mass is 19.1. The number of likely N-dealkylation sites (tertiary alicyclic amines) is 1. The van der Waals surface area contributed by atoms with Gasteiger partial charge in [0.2, 0.25) is 0 Å². The molecular formula is C14H18FNO2. The van der Waals surface area contributed by atoms with Gasteiger partial charge in [0.25, 0.3) is 5.91 Å². The van der Waals surface area contributed by atoms with E-state index in [1.54, 1.807) is 4.90 Å². The van der Waals surface area contributed by atoms with Gasteiger partial charge >= 0.3 is 0 Å². The van der Waals surface area contributed by atoms with Crippen molar-refractivity contribution in [1.82, 2.24) is 4.90 Å². The fourth-order valence-corrected chi connectivity index (χ4v) is 2.17. The second-order valence-corrected chi connectivity index (χ2v) is 5.62. The van der Waals surface area contributed by atoms with Gasteiger partial charge in [0.15, 0.2) is 0 Å². The van der Waals surface area contributed by atoms with Gasteiger partial charge in [0.05, 0.1) is 5.56 Å². The lowest BCUT2D eigenvalue weighted by Gasteiger charge is -2.37. The summed E-state index contributed by atoms with van der Waals surface area (Å²) in [5.74, 6) is -0.956. The zero-order chi connectivity index (χ0) is 13.3. The first-order valence-electron chi connectivity index (χ1n) is 6.17. The third-order valence-electron chi connectivity index (χ3n) is 3.59. The highest BCUT2D eigenvalue weighted by molar-refractivity contribution is 5.96. The Labute approximate surface area is 106 Å². The molecule has 1 aliphatic rings. The first kappa shape index (κ1) is 12.9. The van der Waals surface area contributed by atoms with E-state index >= 15 is 0 Å². The van der Waals surface area contributed by atoms with Crippen LogP contribution in [0.3, 0.4) is 0 Å². The molecule has 1 aromatic carbocycles. The van der Waals surface area contributed by atoms with Gasteiger partial charge in [-0.25, -0.2) is 4.39 Å². The molecular weight excluding hydrogens is 233 g/mol. The number of phenolic OH excluding ortho intramolecular Hbond substituents is 1. The summed E-state index contributed by atoms with van der Waals surface area (Å²) in [5.41, 5.74) is 0.301. The van der Waals surface area contributed by atoms with E-state index in [1.165, 1.54) is 6.07 Å². The third-order valence-corrected chi connectivity index (χ3v) is 3.59. The first-order chi connectivity index (χ1) is 8.39. The van der Waals surface area contributed by atoms with Gasteiger partial charge in [0, 0.05) is 13.1 Å². The fourth-order valence-electron chi connectivity index (χ4n) is 2.17. The van der Waals surface area contributed by atoms with E-state index in [9.17, 15) is 14.3 Å². The number of carbonyl (C=O) groups excluding carboxylic acids is 1. The third kappa shape index (κ3) is 2.63. The minimum Gasteiger partial charge on any atom is -0.507 e. The predicted molar refractivity (Wildman–Crippen MR) is 67.0 cm³/mol. The number of piperidine rings is 1. The molecule has 1 N–H and O–H groups in total. The number of halogens is 1. The summed E-state index contributed by atoms with van der Waals surface area (Å²) in [4.78, 5) is 13.9. The maximum absolute atomic E-state index is 13.1. The number of amides is 1. The van der Waals surface area contributed by atoms with E-state index < -0.39 is 5.82 Å². The van der Waals surface area contributed by atoms with Gasteiger partial charge in [-0.1, -0.05) is 13.8 Å². The minimum absolute atomic E-state index is 0.0507. The largest absolute Gasteiger partial charge is 0.507 e. The number of phenols is 1. The Morgan fingerprint density at radius 2 is 1.94 bits per heavy atom. The fraction of sp³-hybridized carbons (Fsp3) is 0.500. The Bertz CT molecular complexity index is 461. The summed E-state index contributed by atoms with van der Waals surface area (Å²) in [5, 5.41) is 9.62. The van der Waals surface area contributed by atoms with Gasteiger partial charge in [-0.2, -0.15) is 0 Å². The molecule has 0 saturated carbocycles. The lowest BCUT2D eigenvalue weighted by atomic mass is 9.82. The zero-order valence-electron chi connectivity index (χ0n) is 10.7. The molecule has 2 rings (SSSR count). The molecule has 1 fully saturated rings. The molecule has 0 radical (unpaired) electrons. The van der Waals surface area contributed by atoms with E-state index in [-0.39, 0.29) is 22.6 Å². The van der Waals surface area contributed by atoms with Crippen LogP contribution in [0, 0.1) is 11.2 Å². The summed E-state index contributed by atoms with van der Waals surface area (Å²) < 4.78 is 13.1. The van der Waals surface area contributed by atoms with Crippen LogP contribution in [0.2, 0.25) is 0 Å². The average Bonchev–Trinajstić information content (AvgIpc) is 2.31. The van der Waals surface area contributed by atoms with Crippen LogP contribution in [0.25, 0.3) is 0 Å². The van der Waals surface area contributed by atoms with E-state index in [4.69, 9.17) is 0 Å². The molecule has 0 aliphatic carbocycles. The SMILES string of the molecule is CC1(C)CCN(C(=O)c2cc(F)ccc2O)CC1. The van der Waals surface area contributed by atoms with Crippen molar-refractivity contribution in [1.29, 1.82) is 0 Å². The van der Waals surface area contributed by atoms with Crippen molar-refractivity contribution in [3.63, 3.8) is 0 Å². The van der Waals surface area contributed by atoms with Crippen LogP contribution in [0.5, 0.6) is 5.75 Å². The predicted octanol–water partition coefficient (Wildman–Crippen LogP) is 2.79. The number of nitrogens with zero attached hydrogens (tertiary/aromatic N) is 1. The number of carbonyl (C=O) groups is 1. The molecule has 4 heteroatoms. The smallest absolute Gasteiger partial charge is 0.257 e. The van der Waals surface area contributed by atoms with E-state index in [1.807, 2.05) is 0 Å². The minimum atomic E-state index is -0.506. The number of rotatable bonds is 1. The maximum atomic E-state index is 13.1. The van der Waals surface area contributed by atoms with Crippen LogP contribution in [0.1, 0.15) is 37.0 Å². The molecule has 18 heavy (non-hydrogen) atoms. The molecule has 1 aliphatic heterocycles. The van der Waals surface area contributed by atoms with Crippen LogP contribution < -0.4 is 0 Å². The maximum Gasteiger partial charge on any atom is 0.257 e. The van der Waals surface area contributed by atoms with Gasteiger partial charge < -0.3 is 10.0 Å². The van der Waals surface area contributed by atoms with E-state index in [0.717, 1.165) is 25.0 Å². The van der Waals surface area contributed by atoms with Crippen molar-refractivity contribution in [2.45, 2.75) is 26.7 Å². The molecule has 1 aromatic rings. The average molecular weight is 251 g/mol. The number of aromatic hydroxyl groups is 1.